The third-order valence-electron chi connectivity index (χ3n) is 3.46. The van der Waals surface area contributed by atoms with Gasteiger partial charge in [-0.3, -0.25) is 0 Å². The normalized spacial score (nSPS) is 18.7. The number of aryl methyl sites for hydroxylation is 1. The van der Waals surface area contributed by atoms with Gasteiger partial charge in [-0.1, -0.05) is 23.7 Å². The molecule has 2 aromatic rings. The molecule has 18 heavy (non-hydrogen) atoms. The molecule has 0 fully saturated rings. The highest BCUT2D eigenvalue weighted by molar-refractivity contribution is 6.30. The Morgan fingerprint density at radius 2 is 2.33 bits per heavy atom. The molecule has 0 saturated heterocycles. The number of hydrogen-bond donors (Lipinski definition) is 1. The first-order chi connectivity index (χ1) is 8.78. The summed E-state index contributed by atoms with van der Waals surface area (Å²) in [5, 5.41) is 10.1. The van der Waals surface area contributed by atoms with Crippen LogP contribution in [0.2, 0.25) is 5.02 Å². The minimum atomic E-state index is 0.173. The van der Waals surface area contributed by atoms with Crippen LogP contribution < -0.4 is 0 Å². The highest BCUT2D eigenvalue weighted by Gasteiger charge is 2.22. The molecule has 1 aliphatic rings. The molecule has 3 nitrogen and oxygen atoms in total. The van der Waals surface area contributed by atoms with Crippen LogP contribution in [0.1, 0.15) is 24.6 Å². The van der Waals surface area contributed by atoms with Crippen molar-refractivity contribution in [1.82, 2.24) is 9.55 Å². The summed E-state index contributed by atoms with van der Waals surface area (Å²) in [7, 11) is 0. The highest BCUT2D eigenvalue weighted by atomic mass is 35.5. The Labute approximate surface area is 111 Å². The first-order valence-electron chi connectivity index (χ1n) is 6.22. The quantitative estimate of drug-likeness (QED) is 0.903. The summed E-state index contributed by atoms with van der Waals surface area (Å²) in [6.07, 6.45) is 4.18. The van der Waals surface area contributed by atoms with Gasteiger partial charge in [0.1, 0.15) is 5.82 Å². The summed E-state index contributed by atoms with van der Waals surface area (Å²) in [5.74, 6) is 1.17. The maximum Gasteiger partial charge on any atom is 0.114 e. The SMILES string of the molecule is OCC1CCCn2cc(-c3cccc(Cl)c3)nc21. The Bertz CT molecular complexity index is 565. The van der Waals surface area contributed by atoms with Crippen LogP contribution in [0.25, 0.3) is 11.3 Å². The number of halogens is 1. The van der Waals surface area contributed by atoms with Gasteiger partial charge in [-0.2, -0.15) is 0 Å². The largest absolute Gasteiger partial charge is 0.396 e. The summed E-state index contributed by atoms with van der Waals surface area (Å²) in [5.41, 5.74) is 1.97. The van der Waals surface area contributed by atoms with Crippen molar-refractivity contribution >= 4 is 11.6 Å². The zero-order valence-electron chi connectivity index (χ0n) is 10.0. The molecule has 1 unspecified atom stereocenters. The van der Waals surface area contributed by atoms with E-state index in [1.54, 1.807) is 0 Å². The van der Waals surface area contributed by atoms with Crippen LogP contribution in [0, 0.1) is 0 Å². The van der Waals surface area contributed by atoms with E-state index in [1.807, 2.05) is 24.3 Å². The van der Waals surface area contributed by atoms with Gasteiger partial charge in [-0.05, 0) is 25.0 Å². The van der Waals surface area contributed by atoms with Crippen LogP contribution >= 0.6 is 11.6 Å². The van der Waals surface area contributed by atoms with Gasteiger partial charge in [0.2, 0.25) is 0 Å². The molecule has 1 aromatic heterocycles. The van der Waals surface area contributed by atoms with Crippen molar-refractivity contribution in [2.45, 2.75) is 25.3 Å². The van der Waals surface area contributed by atoms with Gasteiger partial charge < -0.3 is 9.67 Å². The lowest BCUT2D eigenvalue weighted by atomic mass is 10.0. The fourth-order valence-corrected chi connectivity index (χ4v) is 2.72. The molecule has 0 radical (unpaired) electrons. The van der Waals surface area contributed by atoms with Gasteiger partial charge in [-0.15, -0.1) is 0 Å². The zero-order valence-corrected chi connectivity index (χ0v) is 10.8. The van der Waals surface area contributed by atoms with Crippen LogP contribution in [0.3, 0.4) is 0 Å². The molecule has 1 atom stereocenters. The molecular formula is C14H15ClN2O. The molecule has 0 bridgehead atoms. The fourth-order valence-electron chi connectivity index (χ4n) is 2.53. The van der Waals surface area contributed by atoms with E-state index in [2.05, 4.69) is 15.7 Å². The lowest BCUT2D eigenvalue weighted by Gasteiger charge is -2.21. The van der Waals surface area contributed by atoms with Crippen LogP contribution in [0.15, 0.2) is 30.5 Å². The molecule has 0 aliphatic carbocycles. The van der Waals surface area contributed by atoms with Gasteiger partial charge in [0.05, 0.1) is 12.3 Å². The standard InChI is InChI=1S/C14H15ClN2O/c15-12-5-1-3-10(7-12)13-8-17-6-2-4-11(9-18)14(17)16-13/h1,3,5,7-8,11,18H,2,4,6,9H2. The fraction of sp³-hybridized carbons (Fsp3) is 0.357. The number of fused-ring (bicyclic) bond motifs is 1. The van der Waals surface area contributed by atoms with E-state index in [0.29, 0.717) is 0 Å². The molecule has 3 rings (SSSR count). The van der Waals surface area contributed by atoms with Gasteiger partial charge in [0.25, 0.3) is 0 Å². The van der Waals surface area contributed by atoms with Crippen molar-refractivity contribution in [3.63, 3.8) is 0 Å². The number of hydrogen-bond acceptors (Lipinski definition) is 2. The minimum Gasteiger partial charge on any atom is -0.396 e. The van der Waals surface area contributed by atoms with Crippen molar-refractivity contribution in [3.8, 4) is 11.3 Å². The lowest BCUT2D eigenvalue weighted by Crippen LogP contribution is -2.18. The van der Waals surface area contributed by atoms with E-state index in [9.17, 15) is 5.11 Å². The van der Waals surface area contributed by atoms with Crippen LogP contribution in [0.5, 0.6) is 0 Å². The van der Waals surface area contributed by atoms with Crippen molar-refractivity contribution in [1.29, 1.82) is 0 Å². The number of rotatable bonds is 2. The molecule has 4 heteroatoms. The van der Waals surface area contributed by atoms with Gasteiger partial charge in [0.15, 0.2) is 0 Å². The average molecular weight is 263 g/mol. The third kappa shape index (κ3) is 2.04. The second-order valence-corrected chi connectivity index (χ2v) is 5.15. The summed E-state index contributed by atoms with van der Waals surface area (Å²) in [6.45, 7) is 1.16. The predicted octanol–water partition coefficient (Wildman–Crippen LogP) is 3.07. The maximum atomic E-state index is 9.39. The monoisotopic (exact) mass is 262 g/mol. The van der Waals surface area contributed by atoms with E-state index in [4.69, 9.17) is 11.6 Å². The summed E-state index contributed by atoms with van der Waals surface area (Å²) < 4.78 is 2.15. The molecule has 0 spiro atoms. The predicted molar refractivity (Wildman–Crippen MR) is 71.7 cm³/mol. The second-order valence-electron chi connectivity index (χ2n) is 4.71. The van der Waals surface area contributed by atoms with Crippen molar-refractivity contribution in [2.75, 3.05) is 6.61 Å². The van der Waals surface area contributed by atoms with Crippen molar-refractivity contribution in [3.05, 3.63) is 41.3 Å². The van der Waals surface area contributed by atoms with Crippen molar-refractivity contribution in [2.24, 2.45) is 0 Å². The van der Waals surface area contributed by atoms with Gasteiger partial charge in [0, 0.05) is 29.2 Å². The summed E-state index contributed by atoms with van der Waals surface area (Å²) in [4.78, 5) is 4.66. The molecule has 94 valence electrons. The van der Waals surface area contributed by atoms with Crippen molar-refractivity contribution < 1.29 is 5.11 Å². The van der Waals surface area contributed by atoms with E-state index >= 15 is 0 Å². The smallest absolute Gasteiger partial charge is 0.114 e. The number of aliphatic hydroxyl groups excluding tert-OH is 1. The summed E-state index contributed by atoms with van der Waals surface area (Å²) >= 11 is 6.00. The molecule has 2 heterocycles. The van der Waals surface area contributed by atoms with E-state index < -0.39 is 0 Å². The first-order valence-corrected chi connectivity index (χ1v) is 6.59. The Kier molecular flexibility index (Phi) is 3.10. The zero-order chi connectivity index (χ0) is 12.5. The Balaban J connectivity index is 2.02. The summed E-state index contributed by atoms with van der Waals surface area (Å²) in [6, 6.07) is 7.72. The molecule has 0 saturated carbocycles. The number of nitrogens with zero attached hydrogens (tertiary/aromatic N) is 2. The van der Waals surface area contributed by atoms with E-state index in [-0.39, 0.29) is 12.5 Å². The highest BCUT2D eigenvalue weighted by Crippen LogP contribution is 2.30. The number of benzene rings is 1. The van der Waals surface area contributed by atoms with Gasteiger partial charge in [-0.25, -0.2) is 4.98 Å². The second kappa shape index (κ2) is 4.75. The topological polar surface area (TPSA) is 38.0 Å². The average Bonchev–Trinajstić information content (AvgIpc) is 2.82. The molecule has 1 aromatic carbocycles. The van der Waals surface area contributed by atoms with Crippen LogP contribution in [0.4, 0.5) is 0 Å². The van der Waals surface area contributed by atoms with Gasteiger partial charge >= 0.3 is 0 Å². The van der Waals surface area contributed by atoms with Crippen LogP contribution in [-0.4, -0.2) is 21.3 Å². The Morgan fingerprint density at radius 3 is 3.11 bits per heavy atom. The maximum absolute atomic E-state index is 9.39. The lowest BCUT2D eigenvalue weighted by molar-refractivity contribution is 0.238. The first kappa shape index (κ1) is 11.8. The Hall–Kier alpha value is -1.32. The van der Waals surface area contributed by atoms with E-state index in [0.717, 1.165) is 41.5 Å². The Morgan fingerprint density at radius 1 is 1.44 bits per heavy atom. The molecule has 1 aliphatic heterocycles. The third-order valence-corrected chi connectivity index (χ3v) is 3.70. The number of imidazole rings is 1. The van der Waals surface area contributed by atoms with E-state index in [1.165, 1.54) is 0 Å². The molecule has 1 N–H and O–H groups in total. The van der Waals surface area contributed by atoms with Crippen LogP contribution in [-0.2, 0) is 6.54 Å². The number of aromatic nitrogens is 2. The number of aliphatic hydroxyl groups is 1. The molecular weight excluding hydrogens is 248 g/mol. The molecule has 0 amide bonds. The minimum absolute atomic E-state index is 0.173.